The fourth-order valence-electron chi connectivity index (χ4n) is 10.6. The molecule has 0 aliphatic carbocycles. The predicted molar refractivity (Wildman–Crippen MR) is 297 cm³/mol. The second-order valence-electron chi connectivity index (χ2n) is 19.5. The van der Waals surface area contributed by atoms with E-state index in [-0.39, 0.29) is 11.8 Å². The van der Waals surface area contributed by atoms with Crippen molar-refractivity contribution in [2.45, 2.75) is 39.5 Å². The number of benzene rings is 9. The van der Waals surface area contributed by atoms with E-state index in [0.717, 1.165) is 107 Å². The van der Waals surface area contributed by atoms with Crippen molar-refractivity contribution in [2.24, 2.45) is 0 Å². The number of para-hydroxylation sites is 3. The fourth-order valence-corrected chi connectivity index (χ4v) is 10.6. The van der Waals surface area contributed by atoms with Gasteiger partial charge in [-0.05, 0) is 165 Å². The van der Waals surface area contributed by atoms with Crippen LogP contribution >= 0.6 is 0 Å². The average molecular weight is 955 g/mol. The van der Waals surface area contributed by atoms with Crippen LogP contribution in [0.3, 0.4) is 0 Å². The molecule has 0 fully saturated rings. The molecule has 0 spiro atoms. The number of nitrogens with zero attached hydrogens (tertiary/aromatic N) is 4. The normalized spacial score (nSPS) is 12.4. The lowest BCUT2D eigenvalue weighted by atomic mass is 9.87. The maximum atomic E-state index is 14.7. The highest BCUT2D eigenvalue weighted by Gasteiger charge is 2.33. The first-order valence-electron chi connectivity index (χ1n) is 25.0. The maximum Gasteiger partial charge on any atom is 0.137 e. The summed E-state index contributed by atoms with van der Waals surface area (Å²) in [6, 6.07) is 71.8. The van der Waals surface area contributed by atoms with Gasteiger partial charge in [0.25, 0.3) is 0 Å². The van der Waals surface area contributed by atoms with E-state index in [4.69, 9.17) is 9.72 Å². The summed E-state index contributed by atoms with van der Waals surface area (Å²) >= 11 is 0. The molecule has 9 aromatic carbocycles. The van der Waals surface area contributed by atoms with Gasteiger partial charge in [0.15, 0.2) is 0 Å². The molecule has 0 saturated carbocycles. The van der Waals surface area contributed by atoms with Crippen molar-refractivity contribution < 1.29 is 13.5 Å². The zero-order chi connectivity index (χ0) is 49.7. The van der Waals surface area contributed by atoms with Gasteiger partial charge in [0, 0.05) is 46.5 Å². The van der Waals surface area contributed by atoms with Crippen molar-refractivity contribution >= 4 is 44.6 Å². The van der Waals surface area contributed by atoms with Crippen molar-refractivity contribution in [3.8, 4) is 61.8 Å². The van der Waals surface area contributed by atoms with Crippen LogP contribution < -0.4 is 14.5 Å². The number of anilines is 4. The Morgan fingerprint density at radius 3 is 1.59 bits per heavy atom. The van der Waals surface area contributed by atoms with Crippen LogP contribution in [-0.4, -0.2) is 16.2 Å². The van der Waals surface area contributed by atoms with Gasteiger partial charge in [0.1, 0.15) is 35.6 Å². The van der Waals surface area contributed by atoms with E-state index in [1.165, 1.54) is 12.1 Å². The topological polar surface area (TPSA) is 33.5 Å². The van der Waals surface area contributed by atoms with E-state index in [0.29, 0.717) is 23.7 Å². The number of fused-ring (bicyclic) bond motifs is 4. The van der Waals surface area contributed by atoms with Crippen LogP contribution in [0.1, 0.15) is 50.7 Å². The van der Waals surface area contributed by atoms with Crippen molar-refractivity contribution in [3.05, 3.63) is 241 Å². The third kappa shape index (κ3) is 8.57. The molecule has 2 aromatic heterocycles. The average Bonchev–Trinajstić information content (AvgIpc) is 3.96. The first-order valence-corrected chi connectivity index (χ1v) is 25.0. The molecule has 0 unspecified atom stereocenters. The molecule has 0 amide bonds. The number of hydrogen-bond donors (Lipinski definition) is 0. The summed E-state index contributed by atoms with van der Waals surface area (Å²) in [4.78, 5) is 9.57. The summed E-state index contributed by atoms with van der Waals surface area (Å²) < 4.78 is 38.8. The van der Waals surface area contributed by atoms with Gasteiger partial charge in [-0.3, -0.25) is 4.57 Å². The van der Waals surface area contributed by atoms with Crippen LogP contribution in [0.15, 0.2) is 219 Å². The van der Waals surface area contributed by atoms with Crippen LogP contribution in [0.25, 0.3) is 72.1 Å². The Hall–Kier alpha value is -8.81. The Morgan fingerprint density at radius 1 is 0.425 bits per heavy atom. The molecule has 0 bridgehead atoms. The molecular formula is C66H52F2N4O. The lowest BCUT2D eigenvalue weighted by molar-refractivity contribution is 0.483. The van der Waals surface area contributed by atoms with Gasteiger partial charge in [0.05, 0.1) is 22.4 Å². The van der Waals surface area contributed by atoms with Gasteiger partial charge in [-0.2, -0.15) is 0 Å². The van der Waals surface area contributed by atoms with E-state index in [1.807, 2.05) is 24.4 Å². The third-order valence-corrected chi connectivity index (χ3v) is 14.1. The number of hydrogen-bond acceptors (Lipinski definition) is 4. The number of halogens is 2. The minimum absolute atomic E-state index is 0.0970. The van der Waals surface area contributed by atoms with Crippen LogP contribution in [0, 0.1) is 11.6 Å². The van der Waals surface area contributed by atoms with E-state index in [2.05, 4.69) is 218 Å². The standard InChI is InChI=1S/C66H52F2N4O/c1-42(2)59-36-51(49-32-52(67)38-53(68)33-49)37-60(43(3)4)66(59)71-41-70(62-23-13-14-24-63(62)71)54-34-50(48-30-46(44-17-7-5-8-18-44)29-47(31-48)45-19-9-6-10-20-45)35-56(39-54)73-55-26-27-58-57-21-11-12-22-61(57)72(64(58)40-55)65-25-15-16-28-69-65/h5-40,42-43H,41H2,1-4H3. The van der Waals surface area contributed by atoms with E-state index in [1.54, 1.807) is 0 Å². The highest BCUT2D eigenvalue weighted by molar-refractivity contribution is 6.09. The number of rotatable bonds is 11. The highest BCUT2D eigenvalue weighted by Crippen LogP contribution is 2.51. The van der Waals surface area contributed by atoms with E-state index in [9.17, 15) is 8.78 Å². The van der Waals surface area contributed by atoms with Gasteiger partial charge < -0.3 is 14.5 Å². The Labute approximate surface area is 424 Å². The Balaban J connectivity index is 1.03. The zero-order valence-electron chi connectivity index (χ0n) is 41.1. The van der Waals surface area contributed by atoms with Crippen molar-refractivity contribution in [1.29, 1.82) is 0 Å². The van der Waals surface area contributed by atoms with Crippen LogP contribution in [0.4, 0.5) is 31.5 Å². The second-order valence-corrected chi connectivity index (χ2v) is 19.5. The van der Waals surface area contributed by atoms with Crippen LogP contribution in [0.5, 0.6) is 11.5 Å². The molecule has 1 aliphatic rings. The summed E-state index contributed by atoms with van der Waals surface area (Å²) in [6.45, 7) is 9.25. The van der Waals surface area contributed by atoms with Gasteiger partial charge in [-0.15, -0.1) is 0 Å². The minimum atomic E-state index is -0.595. The summed E-state index contributed by atoms with van der Waals surface area (Å²) in [7, 11) is 0. The number of ether oxygens (including phenoxy) is 1. The molecule has 5 nitrogen and oxygen atoms in total. The van der Waals surface area contributed by atoms with Crippen molar-refractivity contribution in [2.75, 3.05) is 16.5 Å². The molecule has 356 valence electrons. The molecule has 11 aromatic rings. The minimum Gasteiger partial charge on any atom is -0.457 e. The molecule has 0 N–H and O–H groups in total. The lowest BCUT2D eigenvalue weighted by Crippen LogP contribution is -2.26. The molecule has 7 heteroatoms. The van der Waals surface area contributed by atoms with E-state index >= 15 is 0 Å². The van der Waals surface area contributed by atoms with Gasteiger partial charge >= 0.3 is 0 Å². The summed E-state index contributed by atoms with van der Waals surface area (Å²) in [5, 5.41) is 2.25. The first-order chi connectivity index (χ1) is 35.6. The van der Waals surface area contributed by atoms with E-state index < -0.39 is 11.6 Å². The summed E-state index contributed by atoms with van der Waals surface area (Å²) in [6.07, 6.45) is 1.83. The molecule has 1 aliphatic heterocycles. The largest absolute Gasteiger partial charge is 0.457 e. The predicted octanol–water partition coefficient (Wildman–Crippen LogP) is 18.4. The van der Waals surface area contributed by atoms with Gasteiger partial charge in [0.2, 0.25) is 0 Å². The molecular weight excluding hydrogens is 903 g/mol. The monoisotopic (exact) mass is 954 g/mol. The third-order valence-electron chi connectivity index (χ3n) is 14.1. The number of aromatic nitrogens is 2. The molecule has 3 heterocycles. The van der Waals surface area contributed by atoms with Crippen LogP contribution in [-0.2, 0) is 0 Å². The maximum absolute atomic E-state index is 14.7. The Kier molecular flexibility index (Phi) is 11.6. The number of pyridine rings is 1. The SMILES string of the molecule is CC(C)c1cc(-c2cc(F)cc(F)c2)cc(C(C)C)c1N1CN(c2cc(Oc3ccc4c5ccccc5n(-c5ccccn5)c4c3)cc(-c3cc(-c4ccccc4)cc(-c4ccccc4)c3)c2)c2ccccc21. The van der Waals surface area contributed by atoms with Crippen LogP contribution in [0.2, 0.25) is 0 Å². The molecule has 0 saturated heterocycles. The van der Waals surface area contributed by atoms with Gasteiger partial charge in [-0.25, -0.2) is 13.8 Å². The zero-order valence-corrected chi connectivity index (χ0v) is 41.1. The first kappa shape index (κ1) is 45.3. The highest BCUT2D eigenvalue weighted by atomic mass is 19.1. The van der Waals surface area contributed by atoms with Crippen molar-refractivity contribution in [1.82, 2.24) is 9.55 Å². The Bertz CT molecular complexity index is 3740. The quantitative estimate of drug-likeness (QED) is 0.129. The van der Waals surface area contributed by atoms with Crippen molar-refractivity contribution in [3.63, 3.8) is 0 Å². The fraction of sp³-hybridized carbons (Fsp3) is 0.106. The summed E-state index contributed by atoms with van der Waals surface area (Å²) in [5.41, 5.74) is 16.3. The van der Waals surface area contributed by atoms with Gasteiger partial charge in [-0.1, -0.05) is 125 Å². The molecule has 12 rings (SSSR count). The molecule has 0 atom stereocenters. The Morgan fingerprint density at radius 2 is 0.959 bits per heavy atom. The lowest BCUT2D eigenvalue weighted by Gasteiger charge is -2.30. The summed E-state index contributed by atoms with van der Waals surface area (Å²) in [5.74, 6) is 1.22. The smallest absolute Gasteiger partial charge is 0.137 e. The molecule has 73 heavy (non-hydrogen) atoms. The molecule has 0 radical (unpaired) electrons. The second kappa shape index (κ2) is 18.7.